The Morgan fingerprint density at radius 1 is 1.00 bits per heavy atom. The van der Waals surface area contributed by atoms with Gasteiger partial charge in [0.15, 0.2) is 0 Å². The summed E-state index contributed by atoms with van der Waals surface area (Å²) in [6.07, 6.45) is 2.61. The molecule has 0 radical (unpaired) electrons. The molecule has 0 saturated heterocycles. The summed E-state index contributed by atoms with van der Waals surface area (Å²) < 4.78 is 0. The zero-order valence-electron chi connectivity index (χ0n) is 8.51. The van der Waals surface area contributed by atoms with E-state index in [-0.39, 0.29) is 6.04 Å². The summed E-state index contributed by atoms with van der Waals surface area (Å²) in [4.78, 5) is 4.25. The van der Waals surface area contributed by atoms with E-state index in [1.54, 1.807) is 6.20 Å². The second-order valence-electron chi connectivity index (χ2n) is 3.55. The summed E-state index contributed by atoms with van der Waals surface area (Å²) in [5, 5.41) is 0. The fraction of sp³-hybridized carbons (Fsp3) is 0.154. The zero-order chi connectivity index (χ0) is 10.5. The summed E-state index contributed by atoms with van der Waals surface area (Å²) in [7, 11) is 0. The van der Waals surface area contributed by atoms with E-state index in [0.29, 0.717) is 0 Å². The van der Waals surface area contributed by atoms with Crippen LogP contribution in [0.4, 0.5) is 0 Å². The lowest BCUT2D eigenvalue weighted by Gasteiger charge is -2.10. The average molecular weight is 198 g/mol. The maximum Gasteiger partial charge on any atom is 0.0574 e. The highest BCUT2D eigenvalue weighted by Crippen LogP contribution is 2.12. The van der Waals surface area contributed by atoms with Gasteiger partial charge in [-0.05, 0) is 24.1 Å². The van der Waals surface area contributed by atoms with Gasteiger partial charge in [-0.3, -0.25) is 4.98 Å². The third-order valence-corrected chi connectivity index (χ3v) is 2.37. The molecule has 1 aromatic heterocycles. The van der Waals surface area contributed by atoms with Gasteiger partial charge in [0.05, 0.1) is 11.7 Å². The number of aromatic nitrogens is 1. The van der Waals surface area contributed by atoms with Crippen LogP contribution in [0, 0.1) is 0 Å². The topological polar surface area (TPSA) is 38.9 Å². The summed E-state index contributed by atoms with van der Waals surface area (Å²) in [6, 6.07) is 16.1. The van der Waals surface area contributed by atoms with E-state index >= 15 is 0 Å². The molecule has 0 amide bonds. The first-order valence-electron chi connectivity index (χ1n) is 5.06. The standard InChI is InChI=1S/C13H14N2/c14-12(13-8-4-5-9-15-13)10-11-6-2-1-3-7-11/h1-9,12H,10,14H2/t12-/m1/s1. The fourth-order valence-electron chi connectivity index (χ4n) is 1.57. The molecule has 1 aromatic carbocycles. The minimum atomic E-state index is -0.0198. The Bertz CT molecular complexity index is 397. The molecule has 1 atom stereocenters. The molecule has 2 N–H and O–H groups in total. The maximum atomic E-state index is 6.06. The number of rotatable bonds is 3. The molecule has 2 heteroatoms. The van der Waals surface area contributed by atoms with Crippen molar-refractivity contribution in [3.8, 4) is 0 Å². The normalized spacial score (nSPS) is 12.3. The Hall–Kier alpha value is -1.67. The van der Waals surface area contributed by atoms with E-state index in [1.165, 1.54) is 5.56 Å². The summed E-state index contributed by atoms with van der Waals surface area (Å²) in [5.41, 5.74) is 8.26. The first-order chi connectivity index (χ1) is 7.36. The van der Waals surface area contributed by atoms with Crippen molar-refractivity contribution in [2.24, 2.45) is 5.73 Å². The SMILES string of the molecule is N[C@H](Cc1ccccc1)c1ccccn1. The predicted octanol–water partition coefficient (Wildman–Crippen LogP) is 2.32. The van der Waals surface area contributed by atoms with Gasteiger partial charge in [0.1, 0.15) is 0 Å². The molecule has 0 fully saturated rings. The van der Waals surface area contributed by atoms with Crippen LogP contribution in [0.5, 0.6) is 0 Å². The predicted molar refractivity (Wildman–Crippen MR) is 61.3 cm³/mol. The molecular weight excluding hydrogens is 184 g/mol. The molecule has 76 valence electrons. The molecular formula is C13H14N2. The maximum absolute atomic E-state index is 6.06. The van der Waals surface area contributed by atoms with Gasteiger partial charge in [-0.15, -0.1) is 0 Å². The van der Waals surface area contributed by atoms with Gasteiger partial charge in [0, 0.05) is 6.20 Å². The summed E-state index contributed by atoms with van der Waals surface area (Å²) >= 11 is 0. The van der Waals surface area contributed by atoms with E-state index in [0.717, 1.165) is 12.1 Å². The fourth-order valence-corrected chi connectivity index (χ4v) is 1.57. The van der Waals surface area contributed by atoms with Crippen molar-refractivity contribution >= 4 is 0 Å². The molecule has 15 heavy (non-hydrogen) atoms. The highest BCUT2D eigenvalue weighted by molar-refractivity contribution is 5.18. The van der Waals surface area contributed by atoms with Crippen molar-refractivity contribution in [2.75, 3.05) is 0 Å². The van der Waals surface area contributed by atoms with Crippen LogP contribution in [0.25, 0.3) is 0 Å². The monoisotopic (exact) mass is 198 g/mol. The minimum Gasteiger partial charge on any atom is -0.322 e. The highest BCUT2D eigenvalue weighted by atomic mass is 14.8. The molecule has 0 aliphatic rings. The summed E-state index contributed by atoms with van der Waals surface area (Å²) in [5.74, 6) is 0. The molecule has 1 heterocycles. The molecule has 0 bridgehead atoms. The van der Waals surface area contributed by atoms with Gasteiger partial charge in [-0.1, -0.05) is 36.4 Å². The van der Waals surface area contributed by atoms with Crippen molar-refractivity contribution in [3.63, 3.8) is 0 Å². The largest absolute Gasteiger partial charge is 0.322 e. The Labute approximate surface area is 89.8 Å². The van der Waals surface area contributed by atoms with Crippen molar-refractivity contribution in [1.82, 2.24) is 4.98 Å². The lowest BCUT2D eigenvalue weighted by Crippen LogP contribution is -2.14. The van der Waals surface area contributed by atoms with Crippen LogP contribution in [0.2, 0.25) is 0 Å². The van der Waals surface area contributed by atoms with Crippen LogP contribution in [-0.4, -0.2) is 4.98 Å². The quantitative estimate of drug-likeness (QED) is 0.822. The Balaban J connectivity index is 2.08. The number of nitrogens with zero attached hydrogens (tertiary/aromatic N) is 1. The van der Waals surface area contributed by atoms with Crippen LogP contribution in [0.3, 0.4) is 0 Å². The lowest BCUT2D eigenvalue weighted by atomic mass is 10.0. The highest BCUT2D eigenvalue weighted by Gasteiger charge is 2.06. The first-order valence-corrected chi connectivity index (χ1v) is 5.06. The molecule has 0 saturated carbocycles. The Morgan fingerprint density at radius 3 is 2.40 bits per heavy atom. The van der Waals surface area contributed by atoms with Crippen LogP contribution in [-0.2, 0) is 6.42 Å². The number of hydrogen-bond acceptors (Lipinski definition) is 2. The van der Waals surface area contributed by atoms with Gasteiger partial charge in [-0.2, -0.15) is 0 Å². The van der Waals surface area contributed by atoms with Crippen molar-refractivity contribution in [3.05, 3.63) is 66.0 Å². The molecule has 0 spiro atoms. The van der Waals surface area contributed by atoms with Crippen molar-refractivity contribution in [1.29, 1.82) is 0 Å². The second-order valence-corrected chi connectivity index (χ2v) is 3.55. The Morgan fingerprint density at radius 2 is 1.73 bits per heavy atom. The third-order valence-electron chi connectivity index (χ3n) is 2.37. The van der Waals surface area contributed by atoms with Gasteiger partial charge in [0.2, 0.25) is 0 Å². The van der Waals surface area contributed by atoms with Crippen LogP contribution in [0.15, 0.2) is 54.7 Å². The van der Waals surface area contributed by atoms with Crippen LogP contribution >= 0.6 is 0 Å². The molecule has 0 aliphatic heterocycles. The number of benzene rings is 1. The molecule has 2 aromatic rings. The number of nitrogens with two attached hydrogens (primary N) is 1. The van der Waals surface area contributed by atoms with E-state index < -0.39 is 0 Å². The van der Waals surface area contributed by atoms with Gasteiger partial charge in [-0.25, -0.2) is 0 Å². The van der Waals surface area contributed by atoms with E-state index in [1.807, 2.05) is 36.4 Å². The van der Waals surface area contributed by atoms with Gasteiger partial charge in [0.25, 0.3) is 0 Å². The van der Waals surface area contributed by atoms with E-state index in [4.69, 9.17) is 5.73 Å². The number of hydrogen-bond donors (Lipinski definition) is 1. The summed E-state index contributed by atoms with van der Waals surface area (Å²) in [6.45, 7) is 0. The molecule has 2 nitrogen and oxygen atoms in total. The Kier molecular flexibility index (Phi) is 3.10. The van der Waals surface area contributed by atoms with E-state index in [9.17, 15) is 0 Å². The van der Waals surface area contributed by atoms with Crippen molar-refractivity contribution in [2.45, 2.75) is 12.5 Å². The number of pyridine rings is 1. The minimum absolute atomic E-state index is 0.0198. The second kappa shape index (κ2) is 4.71. The zero-order valence-corrected chi connectivity index (χ0v) is 8.51. The van der Waals surface area contributed by atoms with Crippen molar-refractivity contribution < 1.29 is 0 Å². The van der Waals surface area contributed by atoms with Crippen LogP contribution < -0.4 is 5.73 Å². The lowest BCUT2D eigenvalue weighted by molar-refractivity contribution is 0.696. The molecule has 0 unspecified atom stereocenters. The van der Waals surface area contributed by atoms with Crippen LogP contribution in [0.1, 0.15) is 17.3 Å². The average Bonchev–Trinajstić information content (AvgIpc) is 2.31. The first kappa shape index (κ1) is 9.87. The third kappa shape index (κ3) is 2.64. The van der Waals surface area contributed by atoms with Gasteiger partial charge >= 0.3 is 0 Å². The van der Waals surface area contributed by atoms with E-state index in [2.05, 4.69) is 17.1 Å². The smallest absolute Gasteiger partial charge is 0.0574 e. The molecule has 0 aliphatic carbocycles. The molecule has 2 rings (SSSR count). The van der Waals surface area contributed by atoms with Gasteiger partial charge < -0.3 is 5.73 Å².